The molecule has 1 amide bonds. The third kappa shape index (κ3) is 6.15. The largest absolute Gasteiger partial charge is 0.459 e. The zero-order valence-electron chi connectivity index (χ0n) is 15.6. The number of benzene rings is 1. The van der Waals surface area contributed by atoms with Gasteiger partial charge in [0.15, 0.2) is 11.7 Å². The highest BCUT2D eigenvalue weighted by Crippen LogP contribution is 2.19. The van der Waals surface area contributed by atoms with Crippen LogP contribution in [0.5, 0.6) is 0 Å². The van der Waals surface area contributed by atoms with E-state index >= 15 is 0 Å². The maximum absolute atomic E-state index is 11.9. The Morgan fingerprint density at radius 2 is 1.92 bits per heavy atom. The van der Waals surface area contributed by atoms with Crippen LogP contribution in [-0.2, 0) is 6.54 Å². The number of hydrogen-bond donors (Lipinski definition) is 3. The molecule has 1 heterocycles. The predicted molar refractivity (Wildman–Crippen MR) is 109 cm³/mol. The molecule has 0 aliphatic rings. The van der Waals surface area contributed by atoms with Crippen LogP contribution in [0.25, 0.3) is 0 Å². The molecular weight excluding hydrogens is 348 g/mol. The van der Waals surface area contributed by atoms with Gasteiger partial charge in [0.25, 0.3) is 5.91 Å². The van der Waals surface area contributed by atoms with E-state index in [1.54, 1.807) is 19.2 Å². The van der Waals surface area contributed by atoms with Crippen molar-refractivity contribution < 1.29 is 9.21 Å². The number of rotatable bonds is 7. The fraction of sp³-hybridized carbons (Fsp3) is 0.368. The Balaban J connectivity index is 1.83. The Morgan fingerprint density at radius 3 is 2.50 bits per heavy atom. The van der Waals surface area contributed by atoms with Crippen LogP contribution >= 0.6 is 11.8 Å². The molecule has 0 atom stereocenters. The van der Waals surface area contributed by atoms with Gasteiger partial charge in [-0.3, -0.25) is 9.79 Å². The van der Waals surface area contributed by atoms with Crippen molar-refractivity contribution in [1.29, 1.82) is 0 Å². The first kappa shape index (κ1) is 19.9. The highest BCUT2D eigenvalue weighted by molar-refractivity contribution is 7.99. The third-order valence-corrected chi connectivity index (χ3v) is 5.12. The lowest BCUT2D eigenvalue weighted by Gasteiger charge is -2.23. The van der Waals surface area contributed by atoms with E-state index in [-0.39, 0.29) is 10.7 Å². The second kappa shape index (κ2) is 9.33. The van der Waals surface area contributed by atoms with Crippen LogP contribution in [0, 0.1) is 0 Å². The van der Waals surface area contributed by atoms with Crippen LogP contribution in [0.2, 0.25) is 0 Å². The fourth-order valence-electron chi connectivity index (χ4n) is 2.08. The minimum atomic E-state index is -0.262. The number of carbonyl (C=O) groups excluding carboxylic acids is 1. The SMILES string of the molecule is CN=C(NCc1ccc(NC(=O)c2ccco2)cc1)NCC(C)(C)SC. The van der Waals surface area contributed by atoms with E-state index in [1.165, 1.54) is 6.26 Å². The number of amides is 1. The molecule has 2 aromatic rings. The minimum Gasteiger partial charge on any atom is -0.459 e. The number of anilines is 1. The molecule has 2 rings (SSSR count). The molecule has 0 saturated carbocycles. The topological polar surface area (TPSA) is 78.7 Å². The number of aliphatic imine (C=N–C) groups is 1. The lowest BCUT2D eigenvalue weighted by molar-refractivity contribution is 0.0996. The van der Waals surface area contributed by atoms with E-state index < -0.39 is 0 Å². The van der Waals surface area contributed by atoms with Gasteiger partial charge in [0, 0.05) is 30.6 Å². The van der Waals surface area contributed by atoms with Crippen LogP contribution in [0.1, 0.15) is 30.0 Å². The number of furan rings is 1. The molecule has 0 radical (unpaired) electrons. The summed E-state index contributed by atoms with van der Waals surface area (Å²) in [4.78, 5) is 16.2. The van der Waals surface area contributed by atoms with Crippen LogP contribution in [-0.4, -0.2) is 36.5 Å². The van der Waals surface area contributed by atoms with Crippen molar-refractivity contribution in [2.45, 2.75) is 25.1 Å². The van der Waals surface area contributed by atoms with E-state index in [1.807, 2.05) is 36.0 Å². The maximum atomic E-state index is 11.9. The molecule has 0 unspecified atom stereocenters. The highest BCUT2D eigenvalue weighted by Gasteiger charge is 2.16. The molecule has 0 aliphatic carbocycles. The number of hydrogen-bond acceptors (Lipinski definition) is 4. The van der Waals surface area contributed by atoms with Gasteiger partial charge >= 0.3 is 0 Å². The van der Waals surface area contributed by atoms with Crippen LogP contribution in [0.15, 0.2) is 52.1 Å². The predicted octanol–water partition coefficient (Wildman–Crippen LogP) is 3.34. The quantitative estimate of drug-likeness (QED) is 0.512. The zero-order valence-corrected chi connectivity index (χ0v) is 16.4. The molecule has 140 valence electrons. The molecule has 6 nitrogen and oxygen atoms in total. The average Bonchev–Trinajstić information content (AvgIpc) is 3.18. The first-order valence-corrected chi connectivity index (χ1v) is 9.59. The Hall–Kier alpha value is -2.41. The van der Waals surface area contributed by atoms with E-state index in [0.717, 1.165) is 23.8 Å². The fourth-order valence-corrected chi connectivity index (χ4v) is 2.30. The second-order valence-corrected chi connectivity index (χ2v) is 7.88. The van der Waals surface area contributed by atoms with Crippen LogP contribution in [0.4, 0.5) is 5.69 Å². The van der Waals surface area contributed by atoms with Gasteiger partial charge in [-0.15, -0.1) is 0 Å². The Bertz CT molecular complexity index is 725. The van der Waals surface area contributed by atoms with Gasteiger partial charge in [0.2, 0.25) is 0 Å². The van der Waals surface area contributed by atoms with E-state index in [0.29, 0.717) is 12.3 Å². The van der Waals surface area contributed by atoms with E-state index in [2.05, 4.69) is 41.0 Å². The van der Waals surface area contributed by atoms with Gasteiger partial charge in [0.05, 0.1) is 6.26 Å². The van der Waals surface area contributed by atoms with Gasteiger partial charge in [-0.2, -0.15) is 11.8 Å². The molecule has 1 aromatic heterocycles. The first-order chi connectivity index (χ1) is 12.4. The van der Waals surface area contributed by atoms with Crippen LogP contribution < -0.4 is 16.0 Å². The standard InChI is InChI=1S/C19H26N4O2S/c1-19(2,26-4)13-22-18(20-3)21-12-14-7-9-15(10-8-14)23-17(24)16-6-5-11-25-16/h5-11H,12-13H2,1-4H3,(H,23,24)(H2,20,21,22). The summed E-state index contributed by atoms with van der Waals surface area (Å²) in [7, 11) is 1.76. The monoisotopic (exact) mass is 374 g/mol. The first-order valence-electron chi connectivity index (χ1n) is 8.37. The molecule has 26 heavy (non-hydrogen) atoms. The zero-order chi connectivity index (χ0) is 19.0. The van der Waals surface area contributed by atoms with Crippen LogP contribution in [0.3, 0.4) is 0 Å². The summed E-state index contributed by atoms with van der Waals surface area (Å²) in [5, 5.41) is 9.43. The third-order valence-electron chi connectivity index (χ3n) is 3.87. The van der Waals surface area contributed by atoms with Crippen molar-refractivity contribution in [1.82, 2.24) is 10.6 Å². The molecule has 0 aliphatic heterocycles. The molecule has 3 N–H and O–H groups in total. The molecule has 0 fully saturated rings. The average molecular weight is 375 g/mol. The molecule has 0 spiro atoms. The minimum absolute atomic E-state index is 0.144. The van der Waals surface area contributed by atoms with Crippen molar-refractivity contribution in [2.75, 3.05) is 25.2 Å². The van der Waals surface area contributed by atoms with Crippen molar-refractivity contribution in [3.8, 4) is 0 Å². The Labute approximate surface area is 158 Å². The Kier molecular flexibility index (Phi) is 7.15. The van der Waals surface area contributed by atoms with Crippen molar-refractivity contribution in [3.63, 3.8) is 0 Å². The number of carbonyl (C=O) groups is 1. The lowest BCUT2D eigenvalue weighted by Crippen LogP contribution is -2.42. The van der Waals surface area contributed by atoms with Gasteiger partial charge in [-0.1, -0.05) is 12.1 Å². The summed E-state index contributed by atoms with van der Waals surface area (Å²) < 4.78 is 5.22. The summed E-state index contributed by atoms with van der Waals surface area (Å²) in [5.74, 6) is 0.794. The van der Waals surface area contributed by atoms with E-state index in [9.17, 15) is 4.79 Å². The maximum Gasteiger partial charge on any atom is 0.291 e. The molecule has 1 aromatic carbocycles. The number of nitrogens with one attached hydrogen (secondary N) is 3. The van der Waals surface area contributed by atoms with Gasteiger partial charge in [-0.25, -0.2) is 0 Å². The highest BCUT2D eigenvalue weighted by atomic mass is 32.2. The number of guanidine groups is 1. The van der Waals surface area contributed by atoms with Crippen molar-refractivity contribution >= 4 is 29.3 Å². The second-order valence-electron chi connectivity index (χ2n) is 6.37. The number of nitrogens with zero attached hydrogens (tertiary/aromatic N) is 1. The molecule has 0 bridgehead atoms. The molecule has 7 heteroatoms. The molecular formula is C19H26N4O2S. The normalized spacial score (nSPS) is 11.9. The van der Waals surface area contributed by atoms with Gasteiger partial charge in [-0.05, 0) is 49.9 Å². The molecule has 0 saturated heterocycles. The smallest absolute Gasteiger partial charge is 0.291 e. The number of thioether (sulfide) groups is 1. The lowest BCUT2D eigenvalue weighted by atomic mass is 10.2. The summed E-state index contributed by atoms with van der Waals surface area (Å²) in [6.45, 7) is 5.85. The van der Waals surface area contributed by atoms with E-state index in [4.69, 9.17) is 4.42 Å². The van der Waals surface area contributed by atoms with Gasteiger partial charge in [0.1, 0.15) is 0 Å². The summed E-state index contributed by atoms with van der Waals surface area (Å²) >= 11 is 1.81. The summed E-state index contributed by atoms with van der Waals surface area (Å²) in [6, 6.07) is 11.0. The summed E-state index contributed by atoms with van der Waals surface area (Å²) in [6.07, 6.45) is 3.58. The van der Waals surface area contributed by atoms with Gasteiger partial charge < -0.3 is 20.4 Å². The Morgan fingerprint density at radius 1 is 1.19 bits per heavy atom. The van der Waals surface area contributed by atoms with Crippen molar-refractivity contribution in [3.05, 3.63) is 54.0 Å². The van der Waals surface area contributed by atoms with Crippen molar-refractivity contribution in [2.24, 2.45) is 4.99 Å². The summed E-state index contributed by atoms with van der Waals surface area (Å²) in [5.41, 5.74) is 1.81.